The molecule has 0 aliphatic carbocycles. The van der Waals surface area contributed by atoms with Gasteiger partial charge in [-0.25, -0.2) is 0 Å². The molecule has 0 unspecified atom stereocenters. The number of benzene rings is 3. The van der Waals surface area contributed by atoms with E-state index < -0.39 is 0 Å². The maximum absolute atomic E-state index is 12.8. The number of ether oxygens (including phenoxy) is 2. The lowest BCUT2D eigenvalue weighted by Gasteiger charge is -2.12. The van der Waals surface area contributed by atoms with E-state index in [4.69, 9.17) is 9.47 Å². The van der Waals surface area contributed by atoms with Crippen LogP contribution in [0.4, 0.5) is 5.69 Å². The molecule has 0 saturated heterocycles. The molecule has 3 aromatic rings. The van der Waals surface area contributed by atoms with Crippen molar-refractivity contribution in [2.75, 3.05) is 25.1 Å². The molecular weight excluding hydrogens is 404 g/mol. The van der Waals surface area contributed by atoms with E-state index in [1.54, 1.807) is 48.5 Å². The third-order valence-corrected chi connectivity index (χ3v) is 4.70. The Kier molecular flexibility index (Phi) is 8.69. The summed E-state index contributed by atoms with van der Waals surface area (Å²) in [5.74, 6) is 0.830. The maximum Gasteiger partial charge on any atom is 0.255 e. The lowest BCUT2D eigenvalue weighted by atomic mass is 10.1. The van der Waals surface area contributed by atoms with Gasteiger partial charge in [0, 0.05) is 12.1 Å². The van der Waals surface area contributed by atoms with E-state index in [1.165, 1.54) is 0 Å². The fourth-order valence-corrected chi connectivity index (χ4v) is 3.02. The molecule has 166 valence electrons. The van der Waals surface area contributed by atoms with E-state index >= 15 is 0 Å². The molecule has 0 atom stereocenters. The largest absolute Gasteiger partial charge is 0.490 e. The number of nitrogens with one attached hydrogen (secondary N) is 2. The highest BCUT2D eigenvalue weighted by Crippen LogP contribution is 2.19. The zero-order valence-corrected chi connectivity index (χ0v) is 18.2. The molecule has 0 heterocycles. The summed E-state index contributed by atoms with van der Waals surface area (Å²) >= 11 is 0. The van der Waals surface area contributed by atoms with Gasteiger partial charge in [0.1, 0.15) is 24.7 Å². The molecule has 3 rings (SSSR count). The summed E-state index contributed by atoms with van der Waals surface area (Å²) in [6.07, 6.45) is 1.90. The van der Waals surface area contributed by atoms with Gasteiger partial charge in [-0.15, -0.1) is 0 Å². The van der Waals surface area contributed by atoms with Gasteiger partial charge in [-0.1, -0.05) is 49.7 Å². The Morgan fingerprint density at radius 3 is 2.25 bits per heavy atom. The maximum atomic E-state index is 12.8. The summed E-state index contributed by atoms with van der Waals surface area (Å²) in [5.41, 5.74) is 1.34. The fraction of sp³-hybridized carbons (Fsp3) is 0.231. The van der Waals surface area contributed by atoms with Crippen molar-refractivity contribution in [3.63, 3.8) is 0 Å². The SMILES string of the molecule is CCCCNC(=O)c1ccccc1NC(=O)c1cccc(OCCOc2ccccc2)c1. The first-order valence-electron chi connectivity index (χ1n) is 10.8. The minimum absolute atomic E-state index is 0.204. The fourth-order valence-electron chi connectivity index (χ4n) is 3.02. The molecule has 0 aliphatic rings. The van der Waals surface area contributed by atoms with Gasteiger partial charge in [0.15, 0.2) is 0 Å². The summed E-state index contributed by atoms with van der Waals surface area (Å²) in [4.78, 5) is 25.3. The van der Waals surface area contributed by atoms with Crippen LogP contribution in [-0.2, 0) is 0 Å². The van der Waals surface area contributed by atoms with Crippen molar-refractivity contribution in [3.05, 3.63) is 90.0 Å². The van der Waals surface area contributed by atoms with Crippen molar-refractivity contribution in [3.8, 4) is 11.5 Å². The van der Waals surface area contributed by atoms with Crippen molar-refractivity contribution in [1.29, 1.82) is 0 Å². The van der Waals surface area contributed by atoms with Crippen molar-refractivity contribution < 1.29 is 19.1 Å². The molecule has 0 aromatic heterocycles. The Morgan fingerprint density at radius 1 is 0.781 bits per heavy atom. The molecule has 3 aromatic carbocycles. The number of carbonyl (C=O) groups is 2. The summed E-state index contributed by atoms with van der Waals surface area (Å²) in [6.45, 7) is 3.40. The predicted octanol–water partition coefficient (Wildman–Crippen LogP) is 4.93. The van der Waals surface area contributed by atoms with Crippen molar-refractivity contribution in [2.45, 2.75) is 19.8 Å². The molecule has 32 heavy (non-hydrogen) atoms. The van der Waals surface area contributed by atoms with Crippen LogP contribution in [0, 0.1) is 0 Å². The number of para-hydroxylation sites is 2. The Hall–Kier alpha value is -3.80. The van der Waals surface area contributed by atoms with Crippen LogP contribution in [0.5, 0.6) is 11.5 Å². The molecule has 0 radical (unpaired) electrons. The number of rotatable bonds is 11. The highest BCUT2D eigenvalue weighted by molar-refractivity contribution is 6.09. The van der Waals surface area contributed by atoms with Gasteiger partial charge < -0.3 is 20.1 Å². The van der Waals surface area contributed by atoms with Crippen molar-refractivity contribution >= 4 is 17.5 Å². The number of carbonyl (C=O) groups excluding carboxylic acids is 2. The molecule has 6 heteroatoms. The number of amides is 2. The number of unbranched alkanes of at least 4 members (excludes halogenated alkanes) is 1. The molecule has 0 spiro atoms. The molecule has 0 bridgehead atoms. The zero-order chi connectivity index (χ0) is 22.6. The average molecular weight is 433 g/mol. The summed E-state index contributed by atoms with van der Waals surface area (Å²) in [6, 6.07) is 23.4. The van der Waals surface area contributed by atoms with Gasteiger partial charge in [0.2, 0.25) is 0 Å². The number of anilines is 1. The highest BCUT2D eigenvalue weighted by atomic mass is 16.5. The highest BCUT2D eigenvalue weighted by Gasteiger charge is 2.14. The van der Waals surface area contributed by atoms with Crippen molar-refractivity contribution in [1.82, 2.24) is 5.32 Å². The van der Waals surface area contributed by atoms with Gasteiger partial charge >= 0.3 is 0 Å². The minimum atomic E-state index is -0.315. The van der Waals surface area contributed by atoms with Crippen LogP contribution in [0.1, 0.15) is 40.5 Å². The van der Waals surface area contributed by atoms with Crippen LogP contribution < -0.4 is 20.1 Å². The van der Waals surface area contributed by atoms with Gasteiger partial charge in [-0.05, 0) is 48.9 Å². The Morgan fingerprint density at radius 2 is 1.47 bits per heavy atom. The van der Waals surface area contributed by atoms with Gasteiger partial charge in [-0.2, -0.15) is 0 Å². The molecule has 6 nitrogen and oxygen atoms in total. The lowest BCUT2D eigenvalue weighted by Crippen LogP contribution is -2.26. The Labute approximate surface area is 188 Å². The van der Waals surface area contributed by atoms with Crippen LogP contribution >= 0.6 is 0 Å². The second kappa shape index (κ2) is 12.2. The first kappa shape index (κ1) is 22.9. The minimum Gasteiger partial charge on any atom is -0.490 e. The lowest BCUT2D eigenvalue weighted by molar-refractivity contribution is 0.0954. The van der Waals surface area contributed by atoms with Crippen LogP contribution in [0.25, 0.3) is 0 Å². The predicted molar refractivity (Wildman–Crippen MR) is 126 cm³/mol. The molecule has 0 fully saturated rings. The number of hydrogen-bond acceptors (Lipinski definition) is 4. The van der Waals surface area contributed by atoms with E-state index in [0.29, 0.717) is 42.3 Å². The normalized spacial score (nSPS) is 10.3. The quantitative estimate of drug-likeness (QED) is 0.422. The summed E-state index contributed by atoms with van der Waals surface area (Å²) < 4.78 is 11.3. The average Bonchev–Trinajstić information content (AvgIpc) is 2.83. The first-order valence-corrected chi connectivity index (χ1v) is 10.8. The molecule has 0 aliphatic heterocycles. The van der Waals surface area contributed by atoms with Crippen LogP contribution in [0.2, 0.25) is 0 Å². The van der Waals surface area contributed by atoms with Gasteiger partial charge in [0.25, 0.3) is 11.8 Å². The first-order chi connectivity index (χ1) is 15.7. The van der Waals surface area contributed by atoms with E-state index in [-0.39, 0.29) is 11.8 Å². The third kappa shape index (κ3) is 6.87. The number of hydrogen-bond donors (Lipinski definition) is 2. The van der Waals surface area contributed by atoms with Crippen LogP contribution in [0.15, 0.2) is 78.9 Å². The van der Waals surface area contributed by atoms with E-state index in [1.807, 2.05) is 30.3 Å². The van der Waals surface area contributed by atoms with Crippen molar-refractivity contribution in [2.24, 2.45) is 0 Å². The second-order valence-electron chi connectivity index (χ2n) is 7.15. The zero-order valence-electron chi connectivity index (χ0n) is 18.2. The van der Waals surface area contributed by atoms with Gasteiger partial charge in [-0.3, -0.25) is 9.59 Å². The second-order valence-corrected chi connectivity index (χ2v) is 7.15. The monoisotopic (exact) mass is 432 g/mol. The topological polar surface area (TPSA) is 76.7 Å². The summed E-state index contributed by atoms with van der Waals surface area (Å²) in [7, 11) is 0. The van der Waals surface area contributed by atoms with E-state index in [2.05, 4.69) is 17.6 Å². The molecule has 2 N–H and O–H groups in total. The third-order valence-electron chi connectivity index (χ3n) is 4.70. The molecular formula is C26H28N2O4. The van der Waals surface area contributed by atoms with E-state index in [9.17, 15) is 9.59 Å². The Balaban J connectivity index is 1.57. The molecule has 0 saturated carbocycles. The standard InChI is InChI=1S/C26H28N2O4/c1-2-3-16-27-26(30)23-14-7-8-15-24(23)28-25(29)20-10-9-13-22(19-20)32-18-17-31-21-11-5-4-6-12-21/h4-15,19H,2-3,16-18H2,1H3,(H,27,30)(H,28,29). The summed E-state index contributed by atoms with van der Waals surface area (Å²) in [5, 5.41) is 5.71. The Bertz CT molecular complexity index is 1020. The van der Waals surface area contributed by atoms with Gasteiger partial charge in [0.05, 0.1) is 11.3 Å². The smallest absolute Gasteiger partial charge is 0.255 e. The van der Waals surface area contributed by atoms with E-state index in [0.717, 1.165) is 18.6 Å². The van der Waals surface area contributed by atoms with Crippen LogP contribution in [-0.4, -0.2) is 31.6 Å². The van der Waals surface area contributed by atoms with Crippen LogP contribution in [0.3, 0.4) is 0 Å². The molecule has 2 amide bonds.